The molecule has 1 spiro atoms. The molecule has 1 N–H and O–H groups in total. The standard InChI is InChI=1S/C34H41ClFN5O5/c1-5-26(36)29(14-22(2)3)40-33(42)39-27-9-6-8-23(15-25(27)35)46-32-24-16-30(43-4)31(17-28(24)37-21-38-32)45-13-7-11-41-12-10-34(18-41)19-44-20-34/h5-6,8-9,15-17,21-23H,7,10-14,18-20H2,1-4H3,(H,39,42)/b26-5+,40-29?. The molecule has 1 aliphatic carbocycles. The summed E-state index contributed by atoms with van der Waals surface area (Å²) in [4.78, 5) is 27.9. The number of nitrogens with zero attached hydrogens (tertiary/aromatic N) is 4. The van der Waals surface area contributed by atoms with Crippen LogP contribution in [0.4, 0.5) is 9.18 Å². The van der Waals surface area contributed by atoms with Gasteiger partial charge in [0.25, 0.3) is 0 Å². The lowest BCUT2D eigenvalue weighted by Crippen LogP contribution is -2.44. The number of aromatic nitrogens is 2. The van der Waals surface area contributed by atoms with Gasteiger partial charge in [-0.1, -0.05) is 31.5 Å². The Hall–Kier alpha value is -3.80. The lowest BCUT2D eigenvalue weighted by molar-refractivity contribution is -0.105. The van der Waals surface area contributed by atoms with Crippen LogP contribution in [0, 0.1) is 11.3 Å². The number of allylic oxidation sites excluding steroid dienone is 5. The van der Waals surface area contributed by atoms with Crippen LogP contribution in [0.25, 0.3) is 10.9 Å². The number of ether oxygens (including phenoxy) is 4. The van der Waals surface area contributed by atoms with Crippen molar-refractivity contribution in [1.29, 1.82) is 0 Å². The van der Waals surface area contributed by atoms with Gasteiger partial charge >= 0.3 is 6.03 Å². The van der Waals surface area contributed by atoms with Crippen molar-refractivity contribution < 1.29 is 28.1 Å². The Bertz CT molecular complexity index is 1580. The van der Waals surface area contributed by atoms with Crippen molar-refractivity contribution in [1.82, 2.24) is 20.2 Å². The Labute approximate surface area is 274 Å². The van der Waals surface area contributed by atoms with E-state index in [1.165, 1.54) is 18.8 Å². The minimum atomic E-state index is -0.724. The number of benzene rings is 1. The van der Waals surface area contributed by atoms with Gasteiger partial charge in [-0.25, -0.2) is 19.2 Å². The van der Waals surface area contributed by atoms with E-state index >= 15 is 0 Å². The second kappa shape index (κ2) is 15.2. The highest BCUT2D eigenvalue weighted by molar-refractivity contribution is 6.32. The normalized spacial score (nSPS) is 19.9. The fourth-order valence-electron chi connectivity index (χ4n) is 5.67. The number of amides is 2. The number of carbonyl (C=O) groups excluding carboxylic acids is 1. The van der Waals surface area contributed by atoms with Crippen LogP contribution in [0.2, 0.25) is 0 Å². The predicted octanol–water partition coefficient (Wildman–Crippen LogP) is 6.52. The van der Waals surface area contributed by atoms with Gasteiger partial charge in [0.1, 0.15) is 18.3 Å². The maximum atomic E-state index is 14.3. The first-order valence-electron chi connectivity index (χ1n) is 15.6. The van der Waals surface area contributed by atoms with Crippen molar-refractivity contribution in [2.75, 3.05) is 46.6 Å². The maximum absolute atomic E-state index is 14.3. The largest absolute Gasteiger partial charge is 0.493 e. The van der Waals surface area contributed by atoms with Crippen molar-refractivity contribution in [3.8, 4) is 17.4 Å². The topological polar surface area (TPSA) is 107 Å². The molecule has 246 valence electrons. The van der Waals surface area contributed by atoms with Crippen molar-refractivity contribution in [3.05, 3.63) is 65.4 Å². The number of hydrogen-bond acceptors (Lipinski definition) is 8. The van der Waals surface area contributed by atoms with Crippen LogP contribution in [-0.4, -0.2) is 79.3 Å². The van der Waals surface area contributed by atoms with E-state index < -0.39 is 18.0 Å². The highest BCUT2D eigenvalue weighted by Gasteiger charge is 2.44. The summed E-state index contributed by atoms with van der Waals surface area (Å²) in [6.07, 6.45) is 11.2. The van der Waals surface area contributed by atoms with E-state index in [1.807, 2.05) is 19.9 Å². The van der Waals surface area contributed by atoms with Crippen molar-refractivity contribution in [3.63, 3.8) is 0 Å². The summed E-state index contributed by atoms with van der Waals surface area (Å²) in [7, 11) is 1.59. The van der Waals surface area contributed by atoms with Crippen LogP contribution in [0.15, 0.2) is 70.4 Å². The third-order valence-corrected chi connectivity index (χ3v) is 8.41. The third-order valence-electron chi connectivity index (χ3n) is 8.08. The fraction of sp³-hybridized carbons (Fsp3) is 0.471. The predicted molar refractivity (Wildman–Crippen MR) is 176 cm³/mol. The minimum Gasteiger partial charge on any atom is -0.493 e. The van der Waals surface area contributed by atoms with Gasteiger partial charge in [0, 0.05) is 24.6 Å². The van der Waals surface area contributed by atoms with Gasteiger partial charge in [-0.15, -0.1) is 0 Å². The first-order valence-corrected chi connectivity index (χ1v) is 16.0. The van der Waals surface area contributed by atoms with Crippen LogP contribution < -0.4 is 19.5 Å². The van der Waals surface area contributed by atoms with Crippen LogP contribution in [-0.2, 0) is 4.74 Å². The van der Waals surface area contributed by atoms with E-state index in [0.29, 0.717) is 52.4 Å². The molecule has 1 unspecified atom stereocenters. The van der Waals surface area contributed by atoms with Crippen molar-refractivity contribution in [2.24, 2.45) is 16.3 Å². The van der Waals surface area contributed by atoms with Gasteiger partial charge in [-0.05, 0) is 69.0 Å². The maximum Gasteiger partial charge on any atom is 0.345 e. The van der Waals surface area contributed by atoms with E-state index in [2.05, 4.69) is 25.2 Å². The van der Waals surface area contributed by atoms with Crippen LogP contribution in [0.3, 0.4) is 0 Å². The highest BCUT2D eigenvalue weighted by atomic mass is 35.5. The van der Waals surface area contributed by atoms with Gasteiger partial charge in [0.15, 0.2) is 11.5 Å². The number of nitrogens with one attached hydrogen (secondary N) is 1. The molecule has 0 saturated carbocycles. The molecule has 10 nitrogen and oxygen atoms in total. The molecule has 46 heavy (non-hydrogen) atoms. The fourth-order valence-corrected chi connectivity index (χ4v) is 5.91. The van der Waals surface area contributed by atoms with E-state index in [4.69, 9.17) is 30.5 Å². The van der Waals surface area contributed by atoms with Crippen molar-refractivity contribution in [2.45, 2.75) is 46.1 Å². The molecule has 2 amide bonds. The average Bonchev–Trinajstić information content (AvgIpc) is 3.39. The minimum absolute atomic E-state index is 0.0837. The van der Waals surface area contributed by atoms with Crippen LogP contribution in [0.5, 0.6) is 17.4 Å². The lowest BCUT2D eigenvalue weighted by Gasteiger charge is -2.37. The molecule has 0 radical (unpaired) electrons. The molecule has 2 saturated heterocycles. The third kappa shape index (κ3) is 8.31. The molecule has 3 aliphatic rings. The number of likely N-dealkylation sites (tertiary alicyclic amines) is 1. The summed E-state index contributed by atoms with van der Waals surface area (Å²) in [6, 6.07) is 2.90. The average molecular weight is 654 g/mol. The van der Waals surface area contributed by atoms with Gasteiger partial charge in [-0.3, -0.25) is 0 Å². The molecule has 1 aromatic carbocycles. The number of carbonyl (C=O) groups is 1. The van der Waals surface area contributed by atoms with Gasteiger partial charge < -0.3 is 29.2 Å². The molecular weight excluding hydrogens is 613 g/mol. The second-order valence-electron chi connectivity index (χ2n) is 12.2. The number of hydrogen-bond donors (Lipinski definition) is 1. The first-order chi connectivity index (χ1) is 22.2. The number of halogens is 2. The SMILES string of the molecule is C/C=C(/F)C(CC(C)C)=NC(=O)NC1=CC=CC(Oc2ncnc3cc(OCCCN4CCC5(COC5)C4)c(OC)cc23)C=C1Cl. The molecule has 1 aromatic heterocycles. The van der Waals surface area contributed by atoms with E-state index in [-0.39, 0.29) is 16.7 Å². The zero-order valence-electron chi connectivity index (χ0n) is 26.7. The molecule has 5 rings (SSSR count). The van der Waals surface area contributed by atoms with Gasteiger partial charge in [0.05, 0.1) is 54.3 Å². The molecule has 2 aliphatic heterocycles. The summed E-state index contributed by atoms with van der Waals surface area (Å²) in [5.74, 6) is 1.06. The van der Waals surface area contributed by atoms with Crippen LogP contribution in [0.1, 0.15) is 40.0 Å². The molecule has 2 fully saturated rings. The summed E-state index contributed by atoms with van der Waals surface area (Å²) in [6.45, 7) is 10.9. The summed E-state index contributed by atoms with van der Waals surface area (Å²) < 4.78 is 37.7. The highest BCUT2D eigenvalue weighted by Crippen LogP contribution is 2.38. The van der Waals surface area contributed by atoms with Gasteiger partial charge in [-0.2, -0.15) is 4.99 Å². The smallest absolute Gasteiger partial charge is 0.345 e. The van der Waals surface area contributed by atoms with E-state index in [0.717, 1.165) is 39.3 Å². The molecular formula is C34H41ClFN5O5. The van der Waals surface area contributed by atoms with Gasteiger partial charge in [0.2, 0.25) is 5.88 Å². The zero-order chi connectivity index (χ0) is 32.7. The molecule has 12 heteroatoms. The zero-order valence-corrected chi connectivity index (χ0v) is 27.5. The Morgan fingerprint density at radius 3 is 2.83 bits per heavy atom. The van der Waals surface area contributed by atoms with E-state index in [9.17, 15) is 9.18 Å². The summed E-state index contributed by atoms with van der Waals surface area (Å²) in [5, 5.41) is 3.51. The van der Waals surface area contributed by atoms with Crippen molar-refractivity contribution >= 4 is 34.2 Å². The Kier molecular flexibility index (Phi) is 11.1. The van der Waals surface area contributed by atoms with Crippen LogP contribution >= 0.6 is 11.6 Å². The molecule has 1 atom stereocenters. The lowest BCUT2D eigenvalue weighted by atomic mass is 9.85. The number of fused-ring (bicyclic) bond motifs is 1. The Morgan fingerprint density at radius 1 is 1.30 bits per heavy atom. The molecule has 0 bridgehead atoms. The Balaban J connectivity index is 1.22. The number of urea groups is 1. The monoisotopic (exact) mass is 653 g/mol. The van der Waals surface area contributed by atoms with E-state index in [1.54, 1.807) is 44.4 Å². The summed E-state index contributed by atoms with van der Waals surface area (Å²) >= 11 is 6.56. The number of rotatable bonds is 12. The molecule has 2 aromatic rings. The first kappa shape index (κ1) is 33.6. The quantitative estimate of drug-likeness (QED) is 0.204. The second-order valence-corrected chi connectivity index (χ2v) is 12.6. The Morgan fingerprint density at radius 2 is 2.13 bits per heavy atom. The molecule has 3 heterocycles. The number of methoxy groups -OCH3 is 1. The summed E-state index contributed by atoms with van der Waals surface area (Å²) in [5.41, 5.74) is 1.40. The number of aliphatic imine (C=N–C) groups is 1.